The van der Waals surface area contributed by atoms with E-state index in [0.717, 1.165) is 40.2 Å². The predicted molar refractivity (Wildman–Crippen MR) is 149 cm³/mol. The number of carbonyl (C=O) groups excluding carboxylic acids is 3. The molecule has 4 amide bonds. The lowest BCUT2D eigenvalue weighted by Crippen LogP contribution is -2.43. The summed E-state index contributed by atoms with van der Waals surface area (Å²) < 4.78 is 5.41. The molecule has 2 saturated heterocycles. The maximum Gasteiger partial charge on any atom is 0.330 e. The van der Waals surface area contributed by atoms with Crippen LogP contribution in [0.2, 0.25) is 0 Å². The molecule has 2 aromatic carbocycles. The third-order valence-electron chi connectivity index (χ3n) is 6.75. The number of hydrogen-bond acceptors (Lipinski definition) is 10. The van der Waals surface area contributed by atoms with Gasteiger partial charge in [0.2, 0.25) is 5.95 Å². The Kier molecular flexibility index (Phi) is 7.70. The number of hydrogen-bond donors (Lipinski definition) is 5. The lowest BCUT2D eigenvalue weighted by molar-refractivity contribution is -0.186. The van der Waals surface area contributed by atoms with Crippen LogP contribution < -0.4 is 20.9 Å². The molecular weight excluding hydrogens is 532 g/mol. The maximum atomic E-state index is 12.7. The lowest BCUT2D eigenvalue weighted by Gasteiger charge is -2.27. The molecule has 3 heterocycles. The number of aliphatic hydroxyl groups is 2. The highest BCUT2D eigenvalue weighted by Crippen LogP contribution is 2.25. The van der Waals surface area contributed by atoms with Gasteiger partial charge in [0, 0.05) is 43.4 Å². The number of nitrogens with one attached hydrogen (secondary N) is 3. The van der Waals surface area contributed by atoms with E-state index in [1.807, 2.05) is 19.1 Å². The van der Waals surface area contributed by atoms with Crippen molar-refractivity contribution in [3.8, 4) is 0 Å². The van der Waals surface area contributed by atoms with Crippen molar-refractivity contribution in [1.82, 2.24) is 20.0 Å². The fourth-order valence-corrected chi connectivity index (χ4v) is 4.41. The molecule has 0 unspecified atom stereocenters. The van der Waals surface area contributed by atoms with Crippen molar-refractivity contribution in [2.75, 3.05) is 54.2 Å². The number of carbonyl (C=O) groups is 3. The zero-order valence-corrected chi connectivity index (χ0v) is 22.5. The number of anilines is 5. The highest BCUT2D eigenvalue weighted by molar-refractivity contribution is 6.10. The molecule has 0 atom stereocenters. The molecule has 5 rings (SSSR count). The second-order valence-electron chi connectivity index (χ2n) is 9.63. The molecule has 0 bridgehead atoms. The first kappa shape index (κ1) is 27.8. The molecule has 0 radical (unpaired) electrons. The van der Waals surface area contributed by atoms with E-state index >= 15 is 0 Å². The molecule has 214 valence electrons. The van der Waals surface area contributed by atoms with E-state index in [1.165, 1.54) is 7.05 Å². The Balaban J connectivity index is 1.19. The Morgan fingerprint density at radius 2 is 1.68 bits per heavy atom. The van der Waals surface area contributed by atoms with Gasteiger partial charge in [-0.3, -0.25) is 9.59 Å². The van der Waals surface area contributed by atoms with E-state index in [4.69, 9.17) is 4.74 Å². The van der Waals surface area contributed by atoms with Crippen molar-refractivity contribution >= 4 is 46.7 Å². The second kappa shape index (κ2) is 11.4. The van der Waals surface area contributed by atoms with Gasteiger partial charge < -0.3 is 35.8 Å². The van der Waals surface area contributed by atoms with E-state index < -0.39 is 23.6 Å². The Hall–Kier alpha value is -4.79. The second-order valence-corrected chi connectivity index (χ2v) is 9.63. The summed E-state index contributed by atoms with van der Waals surface area (Å²) in [5.41, 5.74) is 3.32. The van der Waals surface area contributed by atoms with E-state index in [1.54, 1.807) is 42.6 Å². The number of benzene rings is 2. The third kappa shape index (κ3) is 6.04. The Bertz CT molecular complexity index is 1460. The zero-order valence-electron chi connectivity index (χ0n) is 22.5. The number of aryl methyl sites for hydroxylation is 1. The summed E-state index contributed by atoms with van der Waals surface area (Å²) in [6, 6.07) is 13.4. The van der Waals surface area contributed by atoms with Crippen LogP contribution in [0.4, 0.5) is 33.6 Å². The van der Waals surface area contributed by atoms with Gasteiger partial charge in [-0.05, 0) is 48.4 Å². The van der Waals surface area contributed by atoms with E-state index in [2.05, 4.69) is 30.8 Å². The Morgan fingerprint density at radius 3 is 2.37 bits per heavy atom. The van der Waals surface area contributed by atoms with Crippen LogP contribution in [0.1, 0.15) is 11.1 Å². The normalized spacial score (nSPS) is 16.6. The first-order valence-corrected chi connectivity index (χ1v) is 12.9. The van der Waals surface area contributed by atoms with Gasteiger partial charge in [-0.15, -0.1) is 0 Å². The fourth-order valence-electron chi connectivity index (χ4n) is 4.41. The molecule has 1 aromatic heterocycles. The average molecular weight is 563 g/mol. The standard InChI is InChI=1S/C27H30N8O6/c1-17-3-6-20(15-21(17)31-25-28-10-9-22(32-25)34-11-13-41-14-12-34)30-26(38)29-19-7-4-18(5-8-19)16-35-24(37)27(39,40)23(36)33(35)2/h3-10,15,39-40H,11-14,16H2,1-2H3,(H,28,31,32)(H2,29,30,38). The summed E-state index contributed by atoms with van der Waals surface area (Å²) in [6.07, 6.45) is 1.70. The average Bonchev–Trinajstić information content (AvgIpc) is 3.11. The van der Waals surface area contributed by atoms with Crippen LogP contribution in [0.15, 0.2) is 54.7 Å². The number of urea groups is 1. The maximum absolute atomic E-state index is 12.7. The molecule has 2 aliphatic heterocycles. The van der Waals surface area contributed by atoms with Crippen LogP contribution >= 0.6 is 0 Å². The number of morpholine rings is 1. The summed E-state index contributed by atoms with van der Waals surface area (Å²) in [6.45, 7) is 4.70. The lowest BCUT2D eigenvalue weighted by atomic mass is 10.2. The van der Waals surface area contributed by atoms with Crippen molar-refractivity contribution in [3.05, 3.63) is 65.9 Å². The van der Waals surface area contributed by atoms with Gasteiger partial charge in [0.05, 0.1) is 19.8 Å². The highest BCUT2D eigenvalue weighted by atomic mass is 16.5. The van der Waals surface area contributed by atoms with Gasteiger partial charge >= 0.3 is 23.6 Å². The number of likely N-dealkylation sites (N-methyl/N-ethyl adjacent to an activating group) is 1. The van der Waals surface area contributed by atoms with Crippen molar-refractivity contribution in [2.45, 2.75) is 19.3 Å². The molecular formula is C27H30N8O6. The number of amides is 4. The molecule has 5 N–H and O–H groups in total. The first-order chi connectivity index (χ1) is 19.6. The van der Waals surface area contributed by atoms with Crippen molar-refractivity contribution in [3.63, 3.8) is 0 Å². The van der Waals surface area contributed by atoms with Gasteiger partial charge in [0.25, 0.3) is 0 Å². The minimum Gasteiger partial charge on any atom is -0.378 e. The van der Waals surface area contributed by atoms with Crippen LogP contribution in [0.3, 0.4) is 0 Å². The molecule has 14 heteroatoms. The van der Waals surface area contributed by atoms with Gasteiger partial charge in [-0.2, -0.15) is 4.98 Å². The number of rotatable bonds is 7. The Labute approximate surface area is 235 Å². The highest BCUT2D eigenvalue weighted by Gasteiger charge is 2.55. The third-order valence-corrected chi connectivity index (χ3v) is 6.75. The molecule has 2 aliphatic rings. The molecule has 14 nitrogen and oxygen atoms in total. The van der Waals surface area contributed by atoms with Gasteiger partial charge in [0.1, 0.15) is 5.82 Å². The van der Waals surface area contributed by atoms with Crippen LogP contribution in [-0.2, 0) is 20.9 Å². The first-order valence-electron chi connectivity index (χ1n) is 12.9. The van der Waals surface area contributed by atoms with Crippen LogP contribution in [0, 0.1) is 6.92 Å². The largest absolute Gasteiger partial charge is 0.378 e. The summed E-state index contributed by atoms with van der Waals surface area (Å²) >= 11 is 0. The number of ether oxygens (including phenoxy) is 1. The van der Waals surface area contributed by atoms with E-state index in [0.29, 0.717) is 36.1 Å². The summed E-state index contributed by atoms with van der Waals surface area (Å²) in [5.74, 6) is -4.07. The van der Waals surface area contributed by atoms with Gasteiger partial charge in [-0.1, -0.05) is 18.2 Å². The van der Waals surface area contributed by atoms with Crippen LogP contribution in [0.25, 0.3) is 0 Å². The van der Waals surface area contributed by atoms with Crippen molar-refractivity contribution < 1.29 is 29.3 Å². The van der Waals surface area contributed by atoms with Crippen LogP contribution in [0.5, 0.6) is 0 Å². The van der Waals surface area contributed by atoms with Crippen LogP contribution in [-0.4, -0.2) is 87.2 Å². The van der Waals surface area contributed by atoms with Crippen molar-refractivity contribution in [2.24, 2.45) is 0 Å². The van der Waals surface area contributed by atoms with E-state index in [-0.39, 0.29) is 6.54 Å². The van der Waals surface area contributed by atoms with Crippen molar-refractivity contribution in [1.29, 1.82) is 0 Å². The fraction of sp³-hybridized carbons (Fsp3) is 0.296. The minimum atomic E-state index is -3.07. The summed E-state index contributed by atoms with van der Waals surface area (Å²) in [4.78, 5) is 47.8. The monoisotopic (exact) mass is 562 g/mol. The number of hydrazine groups is 1. The smallest absolute Gasteiger partial charge is 0.330 e. The van der Waals surface area contributed by atoms with Gasteiger partial charge in [-0.25, -0.2) is 19.8 Å². The SMILES string of the molecule is Cc1ccc(NC(=O)Nc2ccc(CN3C(=O)C(O)(O)C(=O)N3C)cc2)cc1Nc1nccc(N2CCOCC2)n1. The summed E-state index contributed by atoms with van der Waals surface area (Å²) in [5, 5.41) is 29.9. The quantitative estimate of drug-likeness (QED) is 0.209. The minimum absolute atomic E-state index is 0.0609. The zero-order chi connectivity index (χ0) is 29.1. The topological polar surface area (TPSA) is 172 Å². The molecule has 0 aliphatic carbocycles. The summed E-state index contributed by atoms with van der Waals surface area (Å²) in [7, 11) is 1.27. The molecule has 3 aromatic rings. The Morgan fingerprint density at radius 1 is 1.00 bits per heavy atom. The number of aromatic nitrogens is 2. The van der Waals surface area contributed by atoms with E-state index in [9.17, 15) is 24.6 Å². The van der Waals surface area contributed by atoms with Gasteiger partial charge in [0.15, 0.2) is 0 Å². The molecule has 0 saturated carbocycles. The molecule has 41 heavy (non-hydrogen) atoms. The molecule has 2 fully saturated rings. The predicted octanol–water partition coefficient (Wildman–Crippen LogP) is 1.41. The number of nitrogens with zero attached hydrogens (tertiary/aromatic N) is 5. The molecule has 0 spiro atoms.